The minimum Gasteiger partial charge on any atom is -0.376 e. The van der Waals surface area contributed by atoms with Crippen LogP contribution in [0.1, 0.15) is 5.56 Å². The topological polar surface area (TPSA) is 49.4 Å². The molecule has 0 aliphatic heterocycles. The van der Waals surface area contributed by atoms with Crippen LogP contribution in [0.15, 0.2) is 41.3 Å². The number of aryl methyl sites for hydroxylation is 1. The van der Waals surface area contributed by atoms with Crippen molar-refractivity contribution in [3.63, 3.8) is 0 Å². The van der Waals surface area contributed by atoms with Crippen molar-refractivity contribution in [2.24, 2.45) is 0 Å². The van der Waals surface area contributed by atoms with E-state index in [1.54, 1.807) is 35.2 Å². The third-order valence-electron chi connectivity index (χ3n) is 3.06. The molecule has 7 heteroatoms. The van der Waals surface area contributed by atoms with Crippen molar-refractivity contribution in [3.05, 3.63) is 52.0 Å². The van der Waals surface area contributed by atoms with Crippen molar-refractivity contribution >= 4 is 44.6 Å². The van der Waals surface area contributed by atoms with Gasteiger partial charge in [-0.2, -0.15) is 0 Å². The Kier molecular flexibility index (Phi) is 4.90. The van der Waals surface area contributed by atoms with E-state index < -0.39 is 10.0 Å². The van der Waals surface area contributed by atoms with Gasteiger partial charge in [-0.05, 0) is 42.8 Å². The zero-order chi connectivity index (χ0) is 16.5. The first-order chi connectivity index (χ1) is 10.2. The number of nitrogens with one attached hydrogen (secondary N) is 1. The Balaban J connectivity index is 2.47. The van der Waals surface area contributed by atoms with E-state index in [0.29, 0.717) is 16.4 Å². The fraction of sp³-hybridized carbons (Fsp3) is 0.200. The third-order valence-corrected chi connectivity index (χ3v) is 5.15. The van der Waals surface area contributed by atoms with Crippen molar-refractivity contribution < 1.29 is 8.42 Å². The largest absolute Gasteiger partial charge is 0.376 e. The summed E-state index contributed by atoms with van der Waals surface area (Å²) in [7, 11) is -0.162. The van der Waals surface area contributed by atoms with Crippen LogP contribution < -0.4 is 9.62 Å². The minimum atomic E-state index is -3.80. The maximum atomic E-state index is 12.6. The summed E-state index contributed by atoms with van der Waals surface area (Å²) in [6.07, 6.45) is 0. The summed E-state index contributed by atoms with van der Waals surface area (Å²) in [5.74, 6) is 0. The first-order valence-electron chi connectivity index (χ1n) is 6.46. The van der Waals surface area contributed by atoms with Crippen molar-refractivity contribution in [1.29, 1.82) is 0 Å². The number of benzene rings is 2. The highest BCUT2D eigenvalue weighted by molar-refractivity contribution is 7.92. The lowest BCUT2D eigenvalue weighted by atomic mass is 10.2. The molecule has 0 spiro atoms. The standard InChI is InChI=1S/C15H16Cl2N2O2S/c1-10-4-7-15(12(17)8-10)22(20,21)18-13-9-11(16)5-6-14(13)19(2)3/h4-9,18H,1-3H3. The maximum Gasteiger partial charge on any atom is 0.263 e. The predicted molar refractivity (Wildman–Crippen MR) is 92.8 cm³/mol. The highest BCUT2D eigenvalue weighted by Crippen LogP contribution is 2.31. The number of sulfonamides is 1. The van der Waals surface area contributed by atoms with Gasteiger partial charge in [0.1, 0.15) is 4.90 Å². The molecule has 1 N–H and O–H groups in total. The molecule has 4 nitrogen and oxygen atoms in total. The molecule has 0 saturated heterocycles. The Morgan fingerprint density at radius 1 is 1.05 bits per heavy atom. The van der Waals surface area contributed by atoms with Crippen LogP contribution in [0, 0.1) is 6.92 Å². The number of hydrogen-bond acceptors (Lipinski definition) is 3. The van der Waals surface area contributed by atoms with E-state index in [-0.39, 0.29) is 9.92 Å². The van der Waals surface area contributed by atoms with E-state index in [2.05, 4.69) is 4.72 Å². The molecule has 0 amide bonds. The summed E-state index contributed by atoms with van der Waals surface area (Å²) >= 11 is 12.0. The Morgan fingerprint density at radius 2 is 1.73 bits per heavy atom. The van der Waals surface area contributed by atoms with Crippen LogP contribution in [0.3, 0.4) is 0 Å². The summed E-state index contributed by atoms with van der Waals surface area (Å²) < 4.78 is 27.7. The maximum absolute atomic E-state index is 12.6. The van der Waals surface area contributed by atoms with Gasteiger partial charge < -0.3 is 4.90 Å². The molecule has 2 aromatic carbocycles. The number of hydrogen-bond donors (Lipinski definition) is 1. The van der Waals surface area contributed by atoms with Crippen LogP contribution >= 0.6 is 23.2 Å². The quantitative estimate of drug-likeness (QED) is 0.892. The molecular weight excluding hydrogens is 343 g/mol. The number of rotatable bonds is 4. The Hall–Kier alpha value is -1.43. The molecule has 0 aliphatic rings. The van der Waals surface area contributed by atoms with Crippen molar-refractivity contribution in [2.45, 2.75) is 11.8 Å². The fourth-order valence-corrected chi connectivity index (χ4v) is 3.84. The summed E-state index contributed by atoms with van der Waals surface area (Å²) in [4.78, 5) is 1.83. The molecule has 0 bridgehead atoms. The lowest BCUT2D eigenvalue weighted by Gasteiger charge is -2.19. The molecular formula is C15H16Cl2N2O2S. The second-order valence-corrected chi connectivity index (χ2v) is 7.59. The number of halogens is 2. The van der Waals surface area contributed by atoms with Crippen molar-refractivity contribution in [1.82, 2.24) is 0 Å². The summed E-state index contributed by atoms with van der Waals surface area (Å²) in [5, 5.41) is 0.624. The van der Waals surface area contributed by atoms with Gasteiger partial charge in [-0.15, -0.1) is 0 Å². The fourth-order valence-electron chi connectivity index (χ4n) is 2.00. The molecule has 0 atom stereocenters. The molecule has 0 radical (unpaired) electrons. The summed E-state index contributed by atoms with van der Waals surface area (Å²) in [5.41, 5.74) is 1.99. The van der Waals surface area contributed by atoms with E-state index >= 15 is 0 Å². The van der Waals surface area contributed by atoms with Gasteiger partial charge in [0.05, 0.1) is 16.4 Å². The SMILES string of the molecule is Cc1ccc(S(=O)(=O)Nc2cc(Cl)ccc2N(C)C)c(Cl)c1. The molecule has 0 fully saturated rings. The highest BCUT2D eigenvalue weighted by atomic mass is 35.5. The average molecular weight is 359 g/mol. The second-order valence-electron chi connectivity index (χ2n) is 5.10. The Bertz CT molecular complexity index is 805. The van der Waals surface area contributed by atoms with Crippen LogP contribution in [-0.4, -0.2) is 22.5 Å². The zero-order valence-corrected chi connectivity index (χ0v) is 14.7. The predicted octanol–water partition coefficient (Wildman–Crippen LogP) is 4.17. The van der Waals surface area contributed by atoms with Crippen LogP contribution in [0.5, 0.6) is 0 Å². The van der Waals surface area contributed by atoms with Crippen LogP contribution in [0.25, 0.3) is 0 Å². The van der Waals surface area contributed by atoms with Gasteiger partial charge >= 0.3 is 0 Å². The summed E-state index contributed by atoms with van der Waals surface area (Å²) in [6.45, 7) is 1.84. The van der Waals surface area contributed by atoms with E-state index in [9.17, 15) is 8.42 Å². The first kappa shape index (κ1) is 16.9. The molecule has 0 aliphatic carbocycles. The van der Waals surface area contributed by atoms with Gasteiger partial charge in [0, 0.05) is 19.1 Å². The molecule has 0 aromatic heterocycles. The van der Waals surface area contributed by atoms with E-state index in [4.69, 9.17) is 23.2 Å². The minimum absolute atomic E-state index is 0.0319. The van der Waals surface area contributed by atoms with Gasteiger partial charge in [-0.1, -0.05) is 29.3 Å². The molecule has 22 heavy (non-hydrogen) atoms. The molecule has 0 unspecified atom stereocenters. The second kappa shape index (κ2) is 6.36. The lowest BCUT2D eigenvalue weighted by molar-refractivity contribution is 0.601. The zero-order valence-electron chi connectivity index (χ0n) is 12.4. The highest BCUT2D eigenvalue weighted by Gasteiger charge is 2.20. The van der Waals surface area contributed by atoms with Crippen molar-refractivity contribution in [3.8, 4) is 0 Å². The number of nitrogens with zero attached hydrogens (tertiary/aromatic N) is 1. The molecule has 2 rings (SSSR count). The van der Waals surface area contributed by atoms with Gasteiger partial charge in [0.2, 0.25) is 0 Å². The normalized spacial score (nSPS) is 11.3. The van der Waals surface area contributed by atoms with E-state index in [1.807, 2.05) is 21.0 Å². The van der Waals surface area contributed by atoms with Gasteiger partial charge in [-0.25, -0.2) is 8.42 Å². The number of anilines is 2. The van der Waals surface area contributed by atoms with Gasteiger partial charge in [0.25, 0.3) is 10.0 Å². The Labute approximate surface area is 140 Å². The molecule has 0 heterocycles. The Morgan fingerprint density at radius 3 is 2.32 bits per heavy atom. The van der Waals surface area contributed by atoms with Gasteiger partial charge in [-0.3, -0.25) is 4.72 Å². The van der Waals surface area contributed by atoms with E-state index in [1.165, 1.54) is 6.07 Å². The lowest BCUT2D eigenvalue weighted by Crippen LogP contribution is -2.17. The van der Waals surface area contributed by atoms with Crippen molar-refractivity contribution in [2.75, 3.05) is 23.7 Å². The molecule has 2 aromatic rings. The van der Waals surface area contributed by atoms with Crippen LogP contribution in [-0.2, 0) is 10.0 Å². The first-order valence-corrected chi connectivity index (χ1v) is 8.70. The average Bonchev–Trinajstić information content (AvgIpc) is 2.37. The monoisotopic (exact) mass is 358 g/mol. The third kappa shape index (κ3) is 3.66. The smallest absolute Gasteiger partial charge is 0.263 e. The molecule has 0 saturated carbocycles. The summed E-state index contributed by atoms with van der Waals surface area (Å²) in [6, 6.07) is 9.81. The van der Waals surface area contributed by atoms with E-state index in [0.717, 1.165) is 5.56 Å². The van der Waals surface area contributed by atoms with Crippen LogP contribution in [0.2, 0.25) is 10.0 Å². The van der Waals surface area contributed by atoms with Crippen LogP contribution in [0.4, 0.5) is 11.4 Å². The van der Waals surface area contributed by atoms with Gasteiger partial charge in [0.15, 0.2) is 0 Å². The molecule has 118 valence electrons.